The topological polar surface area (TPSA) is 24.1 Å². The summed E-state index contributed by atoms with van der Waals surface area (Å²) in [5.74, 6) is 0. The predicted octanol–water partition coefficient (Wildman–Crippen LogP) is 0.349. The number of hydrogen-bond acceptors (Lipinski definition) is 2. The van der Waals surface area contributed by atoms with Crippen LogP contribution in [0.5, 0.6) is 0 Å². The molecule has 1 rings (SSSR count). The van der Waals surface area contributed by atoms with Gasteiger partial charge in [0.25, 0.3) is 0 Å². The van der Waals surface area contributed by atoms with Crippen LogP contribution in [-0.4, -0.2) is 26.2 Å². The second-order valence-electron chi connectivity index (χ2n) is 2.56. The van der Waals surface area contributed by atoms with Gasteiger partial charge < -0.3 is 10.6 Å². The van der Waals surface area contributed by atoms with Gasteiger partial charge in [0.2, 0.25) is 0 Å². The van der Waals surface area contributed by atoms with Crippen LogP contribution in [0.4, 0.5) is 0 Å². The summed E-state index contributed by atoms with van der Waals surface area (Å²) in [5, 5.41) is 6.77. The van der Waals surface area contributed by atoms with Crippen molar-refractivity contribution in [3.8, 4) is 0 Å². The van der Waals surface area contributed by atoms with E-state index in [0.29, 0.717) is 0 Å². The van der Waals surface area contributed by atoms with E-state index < -0.39 is 0 Å². The van der Waals surface area contributed by atoms with Gasteiger partial charge in [0.15, 0.2) is 0 Å². The van der Waals surface area contributed by atoms with Crippen molar-refractivity contribution in [2.75, 3.05) is 26.2 Å². The maximum absolute atomic E-state index is 3.39. The van der Waals surface area contributed by atoms with Crippen LogP contribution in [0.15, 0.2) is 0 Å². The van der Waals surface area contributed by atoms with Crippen LogP contribution in [0.3, 0.4) is 0 Å². The van der Waals surface area contributed by atoms with Crippen molar-refractivity contribution < 1.29 is 0 Å². The lowest BCUT2D eigenvalue weighted by atomic mass is 10.3. The molecule has 9 heavy (non-hydrogen) atoms. The highest BCUT2D eigenvalue weighted by Crippen LogP contribution is 1.87. The van der Waals surface area contributed by atoms with E-state index in [1.165, 1.54) is 45.4 Å². The highest BCUT2D eigenvalue weighted by Gasteiger charge is 1.93. The minimum absolute atomic E-state index is 1.19. The Morgan fingerprint density at radius 2 is 1.00 bits per heavy atom. The Balaban J connectivity index is 2.02. The summed E-state index contributed by atoms with van der Waals surface area (Å²) in [7, 11) is 0. The lowest BCUT2D eigenvalue weighted by Gasteiger charge is -1.98. The van der Waals surface area contributed by atoms with Crippen molar-refractivity contribution in [2.24, 2.45) is 0 Å². The molecule has 2 nitrogen and oxygen atoms in total. The van der Waals surface area contributed by atoms with E-state index in [-0.39, 0.29) is 0 Å². The van der Waals surface area contributed by atoms with Gasteiger partial charge in [-0.3, -0.25) is 0 Å². The molecule has 0 spiro atoms. The minimum atomic E-state index is 1.19. The highest BCUT2D eigenvalue weighted by molar-refractivity contribution is 4.56. The first-order chi connectivity index (χ1) is 4.50. The normalized spacial score (nSPS) is 24.0. The van der Waals surface area contributed by atoms with Gasteiger partial charge in [-0.05, 0) is 45.4 Å². The highest BCUT2D eigenvalue weighted by atomic mass is 14.9. The lowest BCUT2D eigenvalue weighted by molar-refractivity contribution is 0.642. The van der Waals surface area contributed by atoms with Gasteiger partial charge >= 0.3 is 0 Å². The molecule has 1 aliphatic heterocycles. The summed E-state index contributed by atoms with van der Waals surface area (Å²) in [4.78, 5) is 0. The zero-order valence-electron chi connectivity index (χ0n) is 5.95. The van der Waals surface area contributed by atoms with Gasteiger partial charge in [-0.1, -0.05) is 0 Å². The molecule has 1 heterocycles. The van der Waals surface area contributed by atoms with Gasteiger partial charge in [0.1, 0.15) is 0 Å². The molecule has 0 amide bonds. The second kappa shape index (κ2) is 4.77. The first-order valence-electron chi connectivity index (χ1n) is 3.91. The van der Waals surface area contributed by atoms with Crippen LogP contribution in [-0.2, 0) is 0 Å². The van der Waals surface area contributed by atoms with Crippen LogP contribution in [0.25, 0.3) is 0 Å². The van der Waals surface area contributed by atoms with Crippen LogP contribution in [0.2, 0.25) is 0 Å². The van der Waals surface area contributed by atoms with E-state index in [1.807, 2.05) is 0 Å². The molecule has 0 atom stereocenters. The molecule has 0 unspecified atom stereocenters. The summed E-state index contributed by atoms with van der Waals surface area (Å²) >= 11 is 0. The first kappa shape index (κ1) is 7.03. The Kier molecular flexibility index (Phi) is 3.72. The Morgan fingerprint density at radius 1 is 0.556 bits per heavy atom. The smallest absolute Gasteiger partial charge is 0.00368 e. The predicted molar refractivity (Wildman–Crippen MR) is 39.6 cm³/mol. The number of hydrogen-bond donors (Lipinski definition) is 2. The summed E-state index contributed by atoms with van der Waals surface area (Å²) in [6.07, 6.45) is 3.93. The SMILES string of the molecule is C1CCNCCCNC1. The maximum Gasteiger partial charge on any atom is -0.00368 e. The van der Waals surface area contributed by atoms with Crippen molar-refractivity contribution in [2.45, 2.75) is 19.3 Å². The third-order valence-corrected chi connectivity index (χ3v) is 1.66. The van der Waals surface area contributed by atoms with Gasteiger partial charge in [-0.2, -0.15) is 0 Å². The zero-order chi connectivity index (χ0) is 6.36. The van der Waals surface area contributed by atoms with Crippen LogP contribution >= 0.6 is 0 Å². The van der Waals surface area contributed by atoms with Gasteiger partial charge in [-0.25, -0.2) is 0 Å². The fraction of sp³-hybridized carbons (Fsp3) is 1.00. The molecule has 0 saturated carbocycles. The molecule has 0 aromatic heterocycles. The summed E-state index contributed by atoms with van der Waals surface area (Å²) in [6.45, 7) is 4.80. The van der Waals surface area contributed by atoms with Crippen molar-refractivity contribution >= 4 is 0 Å². The van der Waals surface area contributed by atoms with Crippen LogP contribution < -0.4 is 10.6 Å². The van der Waals surface area contributed by atoms with Crippen molar-refractivity contribution in [3.63, 3.8) is 0 Å². The van der Waals surface area contributed by atoms with E-state index in [2.05, 4.69) is 10.6 Å². The Morgan fingerprint density at radius 3 is 1.56 bits per heavy atom. The van der Waals surface area contributed by atoms with E-state index in [4.69, 9.17) is 0 Å². The average Bonchev–Trinajstić information content (AvgIpc) is 2.00. The monoisotopic (exact) mass is 128 g/mol. The van der Waals surface area contributed by atoms with E-state index in [9.17, 15) is 0 Å². The molecule has 0 radical (unpaired) electrons. The average molecular weight is 128 g/mol. The fourth-order valence-electron chi connectivity index (χ4n) is 1.09. The standard InChI is InChI=1S/C7H16N2/c1-2-5-9-7-3-6-8-4-1/h8-9H,1-7H2. The first-order valence-corrected chi connectivity index (χ1v) is 3.91. The summed E-state index contributed by atoms with van der Waals surface area (Å²) in [6, 6.07) is 0. The quantitative estimate of drug-likeness (QED) is 0.492. The molecule has 0 aromatic carbocycles. The van der Waals surface area contributed by atoms with Gasteiger partial charge in [0.05, 0.1) is 0 Å². The molecule has 54 valence electrons. The molecular formula is C7H16N2. The van der Waals surface area contributed by atoms with Crippen molar-refractivity contribution in [3.05, 3.63) is 0 Å². The summed E-state index contributed by atoms with van der Waals surface area (Å²) < 4.78 is 0. The Hall–Kier alpha value is -0.0800. The minimum Gasteiger partial charge on any atom is -0.317 e. The molecule has 0 aromatic rings. The number of rotatable bonds is 0. The van der Waals surface area contributed by atoms with E-state index >= 15 is 0 Å². The zero-order valence-corrected chi connectivity index (χ0v) is 5.95. The second-order valence-corrected chi connectivity index (χ2v) is 2.56. The Bertz CT molecular complexity index is 35.4. The molecule has 2 heteroatoms. The lowest BCUT2D eigenvalue weighted by Crippen LogP contribution is -2.19. The third kappa shape index (κ3) is 3.49. The van der Waals surface area contributed by atoms with Crippen LogP contribution in [0.1, 0.15) is 19.3 Å². The van der Waals surface area contributed by atoms with E-state index in [0.717, 1.165) is 0 Å². The van der Waals surface area contributed by atoms with Crippen molar-refractivity contribution in [1.29, 1.82) is 0 Å². The molecule has 0 aliphatic carbocycles. The van der Waals surface area contributed by atoms with E-state index in [1.54, 1.807) is 0 Å². The molecule has 2 N–H and O–H groups in total. The third-order valence-electron chi connectivity index (χ3n) is 1.66. The maximum atomic E-state index is 3.39. The van der Waals surface area contributed by atoms with Crippen LogP contribution in [0, 0.1) is 0 Å². The molecule has 1 fully saturated rings. The largest absolute Gasteiger partial charge is 0.317 e. The molecule has 0 bridgehead atoms. The number of nitrogens with one attached hydrogen (secondary N) is 2. The molecule has 1 saturated heterocycles. The fourth-order valence-corrected chi connectivity index (χ4v) is 1.09. The molecule has 1 aliphatic rings. The summed E-state index contributed by atoms with van der Waals surface area (Å²) in [5.41, 5.74) is 0. The van der Waals surface area contributed by atoms with Crippen molar-refractivity contribution in [1.82, 2.24) is 10.6 Å². The Labute approximate surface area is 57.0 Å². The van der Waals surface area contributed by atoms with Gasteiger partial charge in [-0.15, -0.1) is 0 Å². The van der Waals surface area contributed by atoms with Gasteiger partial charge in [0, 0.05) is 0 Å². The molecular weight excluding hydrogens is 112 g/mol.